The normalized spacial score (nSPS) is 44.2. The van der Waals surface area contributed by atoms with Crippen LogP contribution in [0.1, 0.15) is 31.7 Å². The maximum Gasteiger partial charge on any atom is 0.160 e. The molecule has 28 heavy (non-hydrogen) atoms. The lowest BCUT2D eigenvalue weighted by molar-refractivity contribution is -0.109. The monoisotopic (exact) mass is 382 g/mol. The lowest BCUT2D eigenvalue weighted by Gasteiger charge is -2.58. The molecule has 0 aromatic heterocycles. The predicted octanol–water partition coefficient (Wildman–Crippen LogP) is 2.72. The smallest absolute Gasteiger partial charge is 0.160 e. The first-order chi connectivity index (χ1) is 13.6. The third-order valence-corrected chi connectivity index (χ3v) is 8.44. The number of piperidine rings is 1. The van der Waals surface area contributed by atoms with Crippen LogP contribution in [0.25, 0.3) is 5.57 Å². The fourth-order valence-corrected chi connectivity index (χ4v) is 7.14. The van der Waals surface area contributed by atoms with Crippen molar-refractivity contribution >= 4 is 11.3 Å². The number of aliphatic hydroxyl groups is 1. The van der Waals surface area contributed by atoms with Crippen molar-refractivity contribution in [2.45, 2.75) is 50.2 Å². The Kier molecular flexibility index (Phi) is 3.77. The van der Waals surface area contributed by atoms with Gasteiger partial charge in [0.2, 0.25) is 0 Å². The Hall–Kier alpha value is -1.40. The number of para-hydroxylation sites is 1. The second-order valence-corrected chi connectivity index (χ2v) is 9.53. The third-order valence-electron chi connectivity index (χ3n) is 8.44. The van der Waals surface area contributed by atoms with Crippen LogP contribution >= 0.6 is 0 Å². The van der Waals surface area contributed by atoms with Gasteiger partial charge in [0, 0.05) is 49.5 Å². The molecule has 5 heteroatoms. The summed E-state index contributed by atoms with van der Waals surface area (Å²) in [6.07, 6.45) is 2.64. The van der Waals surface area contributed by atoms with Crippen molar-refractivity contribution in [1.82, 2.24) is 4.90 Å². The molecule has 2 unspecified atom stereocenters. The van der Waals surface area contributed by atoms with E-state index in [1.165, 1.54) is 11.3 Å². The Morgan fingerprint density at radius 2 is 2.18 bits per heavy atom. The average molecular weight is 383 g/mol. The quantitative estimate of drug-likeness (QED) is 0.782. The van der Waals surface area contributed by atoms with Gasteiger partial charge in [0.1, 0.15) is 0 Å². The Labute approximate surface area is 166 Å². The number of benzene rings is 1. The number of hydrogen-bond donors (Lipinski definition) is 2. The molecule has 0 amide bonds. The average Bonchev–Trinajstić information content (AvgIpc) is 2.95. The van der Waals surface area contributed by atoms with E-state index in [1.807, 2.05) is 0 Å². The summed E-state index contributed by atoms with van der Waals surface area (Å²) < 4.78 is 11.7. The third kappa shape index (κ3) is 2.22. The molecule has 2 N–H and O–H groups in total. The molecule has 5 nitrogen and oxygen atoms in total. The first-order valence-corrected chi connectivity index (χ1v) is 10.8. The number of nitrogens with zero attached hydrogens (tertiary/aromatic N) is 1. The van der Waals surface area contributed by atoms with Crippen molar-refractivity contribution in [1.29, 1.82) is 0 Å². The van der Waals surface area contributed by atoms with Gasteiger partial charge in [0.15, 0.2) is 6.29 Å². The first kappa shape index (κ1) is 17.5. The minimum absolute atomic E-state index is 0.0358. The molecule has 1 aromatic rings. The van der Waals surface area contributed by atoms with Gasteiger partial charge >= 0.3 is 0 Å². The molecule has 4 aliphatic heterocycles. The summed E-state index contributed by atoms with van der Waals surface area (Å²) in [6.45, 7) is 5.60. The molecule has 0 radical (unpaired) electrons. The summed E-state index contributed by atoms with van der Waals surface area (Å²) in [4.78, 5) is 2.72. The number of methoxy groups -OCH3 is 1. The van der Waals surface area contributed by atoms with Gasteiger partial charge in [-0.2, -0.15) is 0 Å². The van der Waals surface area contributed by atoms with Gasteiger partial charge in [-0.25, -0.2) is 0 Å². The second-order valence-electron chi connectivity index (χ2n) is 9.53. The Balaban J connectivity index is 1.40. The summed E-state index contributed by atoms with van der Waals surface area (Å²) in [5, 5.41) is 14.3. The Morgan fingerprint density at radius 1 is 1.32 bits per heavy atom. The van der Waals surface area contributed by atoms with Crippen molar-refractivity contribution in [2.24, 2.45) is 17.8 Å². The van der Waals surface area contributed by atoms with Crippen molar-refractivity contribution in [2.75, 3.05) is 32.1 Å². The SMILES string of the molecule is CO[C@@H]1[C@H]2C(O)O[C@@H]1C[C@@H]1CN3CCC4=C(CNc5ccccc54)C3(C)C[C@@H]12. The van der Waals surface area contributed by atoms with E-state index in [0.717, 1.165) is 38.9 Å². The van der Waals surface area contributed by atoms with E-state index in [0.29, 0.717) is 11.8 Å². The maximum atomic E-state index is 10.6. The molecule has 1 aromatic carbocycles. The van der Waals surface area contributed by atoms with Crippen LogP contribution in [0.15, 0.2) is 29.8 Å². The van der Waals surface area contributed by atoms with Crippen molar-refractivity contribution in [3.63, 3.8) is 0 Å². The topological polar surface area (TPSA) is 54.0 Å². The molecule has 3 fully saturated rings. The summed E-state index contributed by atoms with van der Waals surface area (Å²) in [5.74, 6) is 1.14. The molecular weight excluding hydrogens is 352 g/mol. The van der Waals surface area contributed by atoms with Crippen molar-refractivity contribution in [3.8, 4) is 0 Å². The van der Waals surface area contributed by atoms with Gasteiger partial charge in [-0.05, 0) is 55.2 Å². The van der Waals surface area contributed by atoms with Crippen LogP contribution in [0.2, 0.25) is 0 Å². The van der Waals surface area contributed by atoms with Gasteiger partial charge in [-0.1, -0.05) is 18.2 Å². The maximum absolute atomic E-state index is 10.6. The minimum Gasteiger partial charge on any atom is -0.381 e. The molecule has 5 aliphatic rings. The molecule has 2 saturated heterocycles. The molecule has 6 rings (SSSR count). The van der Waals surface area contributed by atoms with Gasteiger partial charge in [0.25, 0.3) is 0 Å². The lowest BCUT2D eigenvalue weighted by Crippen LogP contribution is -2.63. The van der Waals surface area contributed by atoms with Gasteiger partial charge in [0.05, 0.1) is 12.2 Å². The zero-order valence-electron chi connectivity index (χ0n) is 16.7. The molecule has 0 spiro atoms. The van der Waals surface area contributed by atoms with Crippen LogP contribution in [0.3, 0.4) is 0 Å². The van der Waals surface area contributed by atoms with Gasteiger partial charge < -0.3 is 19.9 Å². The molecule has 7 atom stereocenters. The van der Waals surface area contributed by atoms with E-state index in [1.54, 1.807) is 18.3 Å². The highest BCUT2D eigenvalue weighted by atomic mass is 16.6. The standard InChI is InChI=1S/C23H30N2O3/c1-23-10-16-13(9-19-21(27-2)20(16)22(26)28-19)12-25(23)8-7-14-15-5-3-4-6-18(15)24-11-17(14)23/h3-6,13,16,19-22,24,26H,7-12H2,1-2H3/t13-,16+,19-,20+,21+,22?,23?/m1/s1. The number of nitrogens with one attached hydrogen (secondary N) is 1. The molecule has 2 bridgehead atoms. The summed E-state index contributed by atoms with van der Waals surface area (Å²) in [5.41, 5.74) is 5.80. The fourth-order valence-electron chi connectivity index (χ4n) is 7.14. The van der Waals surface area contributed by atoms with E-state index >= 15 is 0 Å². The van der Waals surface area contributed by atoms with Gasteiger partial charge in [-0.15, -0.1) is 0 Å². The highest BCUT2D eigenvalue weighted by Gasteiger charge is 2.60. The summed E-state index contributed by atoms with van der Waals surface area (Å²) in [6, 6.07) is 8.73. The van der Waals surface area contributed by atoms with E-state index in [-0.39, 0.29) is 23.7 Å². The van der Waals surface area contributed by atoms with Crippen molar-refractivity contribution < 1.29 is 14.6 Å². The molecule has 1 aliphatic carbocycles. The van der Waals surface area contributed by atoms with Crippen LogP contribution in [0, 0.1) is 17.8 Å². The lowest BCUT2D eigenvalue weighted by atomic mass is 9.60. The first-order valence-electron chi connectivity index (χ1n) is 10.8. The zero-order chi connectivity index (χ0) is 19.0. The number of rotatable bonds is 1. The number of ether oxygens (including phenoxy) is 2. The van der Waals surface area contributed by atoms with E-state index in [2.05, 4.69) is 41.4 Å². The van der Waals surface area contributed by atoms with Crippen molar-refractivity contribution in [3.05, 3.63) is 35.4 Å². The van der Waals surface area contributed by atoms with E-state index in [4.69, 9.17) is 9.47 Å². The van der Waals surface area contributed by atoms with E-state index in [9.17, 15) is 5.11 Å². The second kappa shape index (κ2) is 6.05. The predicted molar refractivity (Wildman–Crippen MR) is 108 cm³/mol. The Bertz CT molecular complexity index is 839. The molecule has 150 valence electrons. The van der Waals surface area contributed by atoms with Crippen LogP contribution in [-0.4, -0.2) is 60.8 Å². The highest BCUT2D eigenvalue weighted by Crippen LogP contribution is 2.55. The molecule has 1 saturated carbocycles. The van der Waals surface area contributed by atoms with Crippen LogP contribution < -0.4 is 5.32 Å². The minimum atomic E-state index is -0.678. The largest absolute Gasteiger partial charge is 0.381 e. The van der Waals surface area contributed by atoms with Gasteiger partial charge in [-0.3, -0.25) is 4.90 Å². The Morgan fingerprint density at radius 3 is 3.04 bits per heavy atom. The number of aliphatic hydroxyl groups excluding tert-OH is 1. The number of hydrogen-bond acceptors (Lipinski definition) is 5. The van der Waals surface area contributed by atoms with Crippen LogP contribution in [0.5, 0.6) is 0 Å². The van der Waals surface area contributed by atoms with Crippen LogP contribution in [0.4, 0.5) is 5.69 Å². The fraction of sp³-hybridized carbons (Fsp3) is 0.652. The van der Waals surface area contributed by atoms with Crippen LogP contribution in [-0.2, 0) is 9.47 Å². The number of anilines is 1. The summed E-state index contributed by atoms with van der Waals surface area (Å²) >= 11 is 0. The summed E-state index contributed by atoms with van der Waals surface area (Å²) in [7, 11) is 1.77. The highest BCUT2D eigenvalue weighted by molar-refractivity contribution is 5.83. The molecule has 4 heterocycles. The molecular formula is C23H30N2O3. The zero-order valence-corrected chi connectivity index (χ0v) is 16.7. The number of fused-ring (bicyclic) bond motifs is 8. The van der Waals surface area contributed by atoms with E-state index < -0.39 is 6.29 Å².